The molecule has 2 aromatic carbocycles. The van der Waals surface area contributed by atoms with E-state index in [9.17, 15) is 4.79 Å². The maximum absolute atomic E-state index is 12.1. The van der Waals surface area contributed by atoms with Crippen molar-refractivity contribution in [2.24, 2.45) is 5.16 Å². The number of rotatable bonds is 7. The summed E-state index contributed by atoms with van der Waals surface area (Å²) in [7, 11) is 2.98. The predicted octanol–water partition coefficient (Wildman–Crippen LogP) is 2.92. The van der Waals surface area contributed by atoms with E-state index in [0.29, 0.717) is 12.2 Å². The van der Waals surface area contributed by atoms with Crippen LogP contribution in [0.5, 0.6) is 5.75 Å². The third-order valence-corrected chi connectivity index (χ3v) is 3.63. The Morgan fingerprint density at radius 2 is 1.75 bits per heavy atom. The second-order valence-corrected chi connectivity index (χ2v) is 5.11. The quantitative estimate of drug-likeness (QED) is 0.629. The number of hydrogen-bond donors (Lipinski definition) is 1. The number of benzene rings is 2. The monoisotopic (exact) mass is 326 g/mol. The molecule has 1 amide bonds. The van der Waals surface area contributed by atoms with E-state index in [2.05, 4.69) is 17.4 Å². The molecule has 2 rings (SSSR count). The van der Waals surface area contributed by atoms with Crippen molar-refractivity contribution in [2.75, 3.05) is 14.2 Å². The maximum Gasteiger partial charge on any atom is 0.273 e. The molecule has 0 aromatic heterocycles. The molecule has 1 N–H and O–H groups in total. The van der Waals surface area contributed by atoms with E-state index >= 15 is 0 Å². The lowest BCUT2D eigenvalue weighted by molar-refractivity contribution is -0.114. The summed E-state index contributed by atoms with van der Waals surface area (Å²) in [6, 6.07) is 15.4. The van der Waals surface area contributed by atoms with E-state index in [1.807, 2.05) is 48.5 Å². The van der Waals surface area contributed by atoms with Gasteiger partial charge in [0.15, 0.2) is 5.71 Å². The normalized spacial score (nSPS) is 11.0. The van der Waals surface area contributed by atoms with Crippen LogP contribution >= 0.6 is 0 Å². The van der Waals surface area contributed by atoms with E-state index in [1.54, 1.807) is 7.05 Å². The number of nitrogens with zero attached hydrogens (tertiary/aromatic N) is 1. The molecule has 0 aliphatic rings. The van der Waals surface area contributed by atoms with Crippen LogP contribution in [-0.2, 0) is 22.7 Å². The van der Waals surface area contributed by atoms with Gasteiger partial charge < -0.3 is 14.9 Å². The predicted molar refractivity (Wildman–Crippen MR) is 94.2 cm³/mol. The van der Waals surface area contributed by atoms with Crippen molar-refractivity contribution in [1.29, 1.82) is 0 Å². The summed E-state index contributed by atoms with van der Waals surface area (Å²) in [5.74, 6) is 0.540. The van der Waals surface area contributed by atoms with Gasteiger partial charge in [-0.2, -0.15) is 0 Å². The third-order valence-electron chi connectivity index (χ3n) is 3.63. The fourth-order valence-electron chi connectivity index (χ4n) is 2.39. The van der Waals surface area contributed by atoms with Crippen LogP contribution in [0.25, 0.3) is 0 Å². The van der Waals surface area contributed by atoms with Gasteiger partial charge in [0.05, 0.1) is 0 Å². The molecule has 0 spiro atoms. The van der Waals surface area contributed by atoms with Crippen LogP contribution < -0.4 is 10.1 Å². The summed E-state index contributed by atoms with van der Waals surface area (Å²) in [6.07, 6.45) is 0.895. The van der Waals surface area contributed by atoms with Gasteiger partial charge in [0.1, 0.15) is 19.5 Å². The van der Waals surface area contributed by atoms with E-state index in [0.717, 1.165) is 23.3 Å². The first-order valence-corrected chi connectivity index (χ1v) is 7.83. The number of ether oxygens (including phenoxy) is 1. The SMILES string of the molecule is CCc1ccccc1OCc1ccccc1/C(=N\OC)C(=O)NC. The largest absolute Gasteiger partial charge is 0.489 e. The molecule has 0 fully saturated rings. The van der Waals surface area contributed by atoms with Gasteiger partial charge >= 0.3 is 0 Å². The number of aryl methyl sites for hydroxylation is 1. The number of likely N-dealkylation sites (N-methyl/N-ethyl adjacent to an activating group) is 1. The van der Waals surface area contributed by atoms with Crippen LogP contribution in [-0.4, -0.2) is 25.8 Å². The molecule has 0 aliphatic heterocycles. The molecule has 126 valence electrons. The Bertz CT molecular complexity index is 726. The van der Waals surface area contributed by atoms with Gasteiger partial charge in [-0.1, -0.05) is 54.5 Å². The molecule has 0 saturated heterocycles. The second kappa shape index (κ2) is 8.72. The first kappa shape index (κ1) is 17.5. The molecule has 5 heteroatoms. The highest BCUT2D eigenvalue weighted by molar-refractivity contribution is 6.45. The van der Waals surface area contributed by atoms with Crippen molar-refractivity contribution in [3.8, 4) is 5.75 Å². The fraction of sp³-hybridized carbons (Fsp3) is 0.263. The van der Waals surface area contributed by atoms with Crippen molar-refractivity contribution in [3.05, 3.63) is 65.2 Å². The molecular formula is C19H22N2O3. The zero-order valence-electron chi connectivity index (χ0n) is 14.2. The summed E-state index contributed by atoms with van der Waals surface area (Å²) in [4.78, 5) is 16.9. The van der Waals surface area contributed by atoms with Crippen molar-refractivity contribution in [2.45, 2.75) is 20.0 Å². The van der Waals surface area contributed by atoms with Crippen molar-refractivity contribution >= 4 is 11.6 Å². The van der Waals surface area contributed by atoms with Gasteiger partial charge in [-0.3, -0.25) is 4.79 Å². The Labute approximate surface area is 142 Å². The van der Waals surface area contributed by atoms with Gasteiger partial charge in [-0.25, -0.2) is 0 Å². The number of para-hydroxylation sites is 1. The molecule has 24 heavy (non-hydrogen) atoms. The number of amides is 1. The molecule has 2 aromatic rings. The molecule has 0 bridgehead atoms. The number of hydrogen-bond acceptors (Lipinski definition) is 4. The third kappa shape index (κ3) is 4.13. The van der Waals surface area contributed by atoms with Crippen LogP contribution in [0.2, 0.25) is 0 Å². The van der Waals surface area contributed by atoms with E-state index in [-0.39, 0.29) is 11.6 Å². The van der Waals surface area contributed by atoms with Crippen molar-refractivity contribution < 1.29 is 14.4 Å². The van der Waals surface area contributed by atoms with Gasteiger partial charge in [0.2, 0.25) is 0 Å². The zero-order chi connectivity index (χ0) is 17.4. The summed E-state index contributed by atoms with van der Waals surface area (Å²) in [6.45, 7) is 2.43. The summed E-state index contributed by atoms with van der Waals surface area (Å²) in [5, 5.41) is 6.44. The Morgan fingerprint density at radius 3 is 2.42 bits per heavy atom. The van der Waals surface area contributed by atoms with Crippen LogP contribution in [0.15, 0.2) is 53.7 Å². The van der Waals surface area contributed by atoms with Crippen molar-refractivity contribution in [3.63, 3.8) is 0 Å². The minimum Gasteiger partial charge on any atom is -0.489 e. The molecule has 5 nitrogen and oxygen atoms in total. The highest BCUT2D eigenvalue weighted by Gasteiger charge is 2.17. The molecular weight excluding hydrogens is 304 g/mol. The molecule has 0 heterocycles. The lowest BCUT2D eigenvalue weighted by atomic mass is 10.0. The fourth-order valence-corrected chi connectivity index (χ4v) is 2.39. The Hall–Kier alpha value is -2.82. The highest BCUT2D eigenvalue weighted by atomic mass is 16.6. The van der Waals surface area contributed by atoms with Crippen LogP contribution in [0, 0.1) is 0 Å². The number of carbonyl (C=O) groups is 1. The molecule has 0 radical (unpaired) electrons. The summed E-state index contributed by atoms with van der Waals surface area (Å²) >= 11 is 0. The lowest BCUT2D eigenvalue weighted by Crippen LogP contribution is -2.29. The van der Waals surface area contributed by atoms with Crippen LogP contribution in [0.1, 0.15) is 23.6 Å². The van der Waals surface area contributed by atoms with Crippen LogP contribution in [0.3, 0.4) is 0 Å². The minimum absolute atomic E-state index is 0.225. The Morgan fingerprint density at radius 1 is 1.08 bits per heavy atom. The zero-order valence-corrected chi connectivity index (χ0v) is 14.2. The van der Waals surface area contributed by atoms with Crippen molar-refractivity contribution in [1.82, 2.24) is 5.32 Å². The highest BCUT2D eigenvalue weighted by Crippen LogP contribution is 2.21. The molecule has 0 atom stereocenters. The second-order valence-electron chi connectivity index (χ2n) is 5.11. The molecule has 0 saturated carbocycles. The average molecular weight is 326 g/mol. The topological polar surface area (TPSA) is 59.9 Å². The average Bonchev–Trinajstić information content (AvgIpc) is 2.64. The van der Waals surface area contributed by atoms with Gasteiger partial charge in [-0.15, -0.1) is 0 Å². The van der Waals surface area contributed by atoms with Crippen LogP contribution in [0.4, 0.5) is 0 Å². The number of oxime groups is 1. The minimum atomic E-state index is -0.307. The number of nitrogens with one attached hydrogen (secondary N) is 1. The van der Waals surface area contributed by atoms with Gasteiger partial charge in [0, 0.05) is 12.6 Å². The molecule has 0 aliphatic carbocycles. The Balaban J connectivity index is 2.29. The smallest absolute Gasteiger partial charge is 0.273 e. The standard InChI is InChI=1S/C19H22N2O3/c1-4-14-9-6-8-12-17(14)24-13-15-10-5-7-11-16(15)18(21-23-3)19(22)20-2/h5-12H,4,13H2,1-3H3,(H,20,22)/b21-18+. The first-order chi connectivity index (χ1) is 11.7. The summed E-state index contributed by atoms with van der Waals surface area (Å²) in [5.41, 5.74) is 2.92. The summed E-state index contributed by atoms with van der Waals surface area (Å²) < 4.78 is 5.97. The Kier molecular flexibility index (Phi) is 6.37. The lowest BCUT2D eigenvalue weighted by Gasteiger charge is -2.13. The van der Waals surface area contributed by atoms with Gasteiger partial charge in [-0.05, 0) is 23.6 Å². The maximum atomic E-state index is 12.1. The first-order valence-electron chi connectivity index (χ1n) is 7.83. The van der Waals surface area contributed by atoms with E-state index < -0.39 is 0 Å². The van der Waals surface area contributed by atoms with E-state index in [4.69, 9.17) is 9.57 Å². The van der Waals surface area contributed by atoms with Gasteiger partial charge in [0.25, 0.3) is 5.91 Å². The van der Waals surface area contributed by atoms with E-state index in [1.165, 1.54) is 7.11 Å². The number of carbonyl (C=O) groups excluding carboxylic acids is 1. The molecule has 0 unspecified atom stereocenters.